The fraction of sp³-hybridized carbons (Fsp3) is 0.733. The van der Waals surface area contributed by atoms with Gasteiger partial charge in [0.25, 0.3) is 0 Å². The van der Waals surface area contributed by atoms with Crippen LogP contribution in [0.25, 0.3) is 0 Å². The van der Waals surface area contributed by atoms with Gasteiger partial charge >= 0.3 is 0 Å². The molecular weight excluding hydrogens is 266 g/mol. The number of guanidine groups is 1. The molecular formula is C15H29N5O. The minimum Gasteiger partial charge on any atom is -0.381 e. The van der Waals surface area contributed by atoms with Gasteiger partial charge in [0, 0.05) is 45.1 Å². The van der Waals surface area contributed by atoms with Gasteiger partial charge in [-0.1, -0.05) is 13.3 Å². The van der Waals surface area contributed by atoms with Crippen LogP contribution in [0.1, 0.15) is 38.7 Å². The van der Waals surface area contributed by atoms with Crippen LogP contribution in [0.3, 0.4) is 0 Å². The number of unbranched alkanes of at least 4 members (excludes halogenated alkanes) is 1. The Kier molecular flexibility index (Phi) is 9.28. The highest BCUT2D eigenvalue weighted by molar-refractivity contribution is 5.79. The molecule has 1 heterocycles. The van der Waals surface area contributed by atoms with Crippen molar-refractivity contribution >= 4 is 5.96 Å². The topological polar surface area (TPSA) is 63.5 Å². The molecule has 1 aromatic heterocycles. The molecule has 0 spiro atoms. The highest BCUT2D eigenvalue weighted by Gasteiger charge is 1.99. The summed E-state index contributed by atoms with van der Waals surface area (Å²) in [5, 5.41) is 10.7. The van der Waals surface area contributed by atoms with Crippen LogP contribution in [-0.2, 0) is 18.3 Å². The molecule has 2 N–H and O–H groups in total. The van der Waals surface area contributed by atoms with Crippen LogP contribution in [0.5, 0.6) is 0 Å². The average molecular weight is 295 g/mol. The Morgan fingerprint density at radius 2 is 2.10 bits per heavy atom. The molecule has 0 bridgehead atoms. The van der Waals surface area contributed by atoms with Crippen molar-refractivity contribution in [2.45, 2.75) is 39.7 Å². The van der Waals surface area contributed by atoms with E-state index >= 15 is 0 Å². The predicted octanol–water partition coefficient (Wildman–Crippen LogP) is 1.68. The highest BCUT2D eigenvalue weighted by atomic mass is 16.5. The summed E-state index contributed by atoms with van der Waals surface area (Å²) in [6, 6.07) is 0. The van der Waals surface area contributed by atoms with E-state index in [-0.39, 0.29) is 0 Å². The van der Waals surface area contributed by atoms with Crippen LogP contribution in [0.2, 0.25) is 0 Å². The first-order valence-corrected chi connectivity index (χ1v) is 7.83. The maximum Gasteiger partial charge on any atom is 0.191 e. The van der Waals surface area contributed by atoms with Crippen molar-refractivity contribution in [2.24, 2.45) is 12.0 Å². The average Bonchev–Trinajstić information content (AvgIpc) is 2.89. The van der Waals surface area contributed by atoms with E-state index in [9.17, 15) is 0 Å². The maximum absolute atomic E-state index is 5.54. The second kappa shape index (κ2) is 11.1. The molecule has 0 amide bonds. The summed E-state index contributed by atoms with van der Waals surface area (Å²) < 4.78 is 7.33. The Morgan fingerprint density at radius 3 is 2.76 bits per heavy atom. The first kappa shape index (κ1) is 17.5. The Morgan fingerprint density at radius 1 is 1.29 bits per heavy atom. The molecule has 120 valence electrons. The minimum atomic E-state index is 0.635. The van der Waals surface area contributed by atoms with E-state index < -0.39 is 0 Å². The van der Waals surface area contributed by atoms with E-state index in [0.717, 1.165) is 50.7 Å². The Labute approximate surface area is 128 Å². The number of nitrogens with zero attached hydrogens (tertiary/aromatic N) is 3. The van der Waals surface area contributed by atoms with Crippen molar-refractivity contribution < 1.29 is 4.74 Å². The molecule has 6 heteroatoms. The molecule has 0 atom stereocenters. The van der Waals surface area contributed by atoms with Crippen molar-refractivity contribution in [1.29, 1.82) is 0 Å². The number of hydrogen-bond donors (Lipinski definition) is 2. The van der Waals surface area contributed by atoms with Gasteiger partial charge in [-0.25, -0.2) is 4.99 Å². The molecule has 0 saturated heterocycles. The fourth-order valence-electron chi connectivity index (χ4n) is 1.80. The standard InChI is InChI=1S/C15H29N5O/c1-4-6-9-21-10-7-8-17-15(16-5-2)18-11-14-12-19-20(3)13-14/h12-13H,4-11H2,1-3H3,(H2,16,17,18). The van der Waals surface area contributed by atoms with Crippen LogP contribution in [0.4, 0.5) is 0 Å². The predicted molar refractivity (Wildman–Crippen MR) is 86.4 cm³/mol. The van der Waals surface area contributed by atoms with Gasteiger partial charge in [-0.15, -0.1) is 0 Å². The molecule has 21 heavy (non-hydrogen) atoms. The molecule has 0 aliphatic heterocycles. The summed E-state index contributed by atoms with van der Waals surface area (Å²) in [6.07, 6.45) is 7.14. The number of aryl methyl sites for hydroxylation is 1. The molecule has 0 aromatic carbocycles. The zero-order valence-electron chi connectivity index (χ0n) is 13.6. The molecule has 1 aromatic rings. The van der Waals surface area contributed by atoms with Gasteiger partial charge in [0.2, 0.25) is 0 Å². The number of nitrogens with one attached hydrogen (secondary N) is 2. The zero-order chi connectivity index (χ0) is 15.3. The number of rotatable bonds is 10. The molecule has 0 radical (unpaired) electrons. The summed E-state index contributed by atoms with van der Waals surface area (Å²) >= 11 is 0. The highest BCUT2D eigenvalue weighted by Crippen LogP contribution is 1.98. The van der Waals surface area contributed by atoms with Crippen molar-refractivity contribution in [3.8, 4) is 0 Å². The quantitative estimate of drug-likeness (QED) is 0.392. The summed E-state index contributed by atoms with van der Waals surface area (Å²) in [4.78, 5) is 4.54. The van der Waals surface area contributed by atoms with E-state index in [2.05, 4.69) is 34.6 Å². The summed E-state index contributed by atoms with van der Waals surface area (Å²) in [5.74, 6) is 0.843. The first-order valence-electron chi connectivity index (χ1n) is 7.83. The van der Waals surface area contributed by atoms with E-state index in [1.165, 1.54) is 6.42 Å². The molecule has 1 rings (SSSR count). The summed E-state index contributed by atoms with van der Waals surface area (Å²) in [7, 11) is 1.91. The Bertz CT molecular complexity index is 403. The number of hydrogen-bond acceptors (Lipinski definition) is 3. The summed E-state index contributed by atoms with van der Waals surface area (Å²) in [5.41, 5.74) is 1.11. The molecule has 0 fully saturated rings. The smallest absolute Gasteiger partial charge is 0.191 e. The third-order valence-corrected chi connectivity index (χ3v) is 2.92. The molecule has 6 nitrogen and oxygen atoms in total. The lowest BCUT2D eigenvalue weighted by molar-refractivity contribution is 0.129. The van der Waals surface area contributed by atoms with Crippen LogP contribution >= 0.6 is 0 Å². The minimum absolute atomic E-state index is 0.635. The number of aromatic nitrogens is 2. The van der Waals surface area contributed by atoms with Crippen molar-refractivity contribution in [1.82, 2.24) is 20.4 Å². The van der Waals surface area contributed by atoms with Crippen molar-refractivity contribution in [2.75, 3.05) is 26.3 Å². The monoisotopic (exact) mass is 295 g/mol. The van der Waals surface area contributed by atoms with Gasteiger partial charge in [-0.05, 0) is 19.8 Å². The van der Waals surface area contributed by atoms with Gasteiger partial charge in [-0.2, -0.15) is 5.10 Å². The molecule has 0 aliphatic carbocycles. The second-order valence-electron chi connectivity index (χ2n) is 4.96. The van der Waals surface area contributed by atoms with Crippen molar-refractivity contribution in [3.05, 3.63) is 18.0 Å². The number of ether oxygens (including phenoxy) is 1. The first-order chi connectivity index (χ1) is 10.3. The molecule has 0 saturated carbocycles. The van der Waals surface area contributed by atoms with E-state index in [1.54, 1.807) is 4.68 Å². The molecule has 0 unspecified atom stereocenters. The lowest BCUT2D eigenvalue weighted by atomic mass is 10.3. The lowest BCUT2D eigenvalue weighted by Crippen LogP contribution is -2.38. The Balaban J connectivity index is 2.22. The van der Waals surface area contributed by atoms with E-state index in [0.29, 0.717) is 6.54 Å². The van der Waals surface area contributed by atoms with E-state index in [1.807, 2.05) is 19.4 Å². The van der Waals surface area contributed by atoms with E-state index in [4.69, 9.17) is 4.74 Å². The fourth-order valence-corrected chi connectivity index (χ4v) is 1.80. The normalized spacial score (nSPS) is 11.7. The second-order valence-corrected chi connectivity index (χ2v) is 4.96. The van der Waals surface area contributed by atoms with Crippen LogP contribution < -0.4 is 10.6 Å². The third kappa shape index (κ3) is 8.34. The molecule has 0 aliphatic rings. The van der Waals surface area contributed by atoms with Crippen LogP contribution in [-0.4, -0.2) is 42.0 Å². The van der Waals surface area contributed by atoms with Crippen LogP contribution in [0.15, 0.2) is 17.4 Å². The maximum atomic E-state index is 5.54. The zero-order valence-corrected chi connectivity index (χ0v) is 13.6. The van der Waals surface area contributed by atoms with Crippen molar-refractivity contribution in [3.63, 3.8) is 0 Å². The van der Waals surface area contributed by atoms with Gasteiger partial charge in [0.05, 0.1) is 12.7 Å². The van der Waals surface area contributed by atoms with Gasteiger partial charge in [-0.3, -0.25) is 4.68 Å². The number of aliphatic imine (C=N–C) groups is 1. The lowest BCUT2D eigenvalue weighted by Gasteiger charge is -2.11. The SMILES string of the molecule is CCCCOCCCNC(=NCc1cnn(C)c1)NCC. The van der Waals surface area contributed by atoms with Crippen LogP contribution in [0, 0.1) is 0 Å². The Hall–Kier alpha value is -1.56. The van der Waals surface area contributed by atoms with Gasteiger partial charge < -0.3 is 15.4 Å². The largest absolute Gasteiger partial charge is 0.381 e. The van der Waals surface area contributed by atoms with Gasteiger partial charge in [0.1, 0.15) is 0 Å². The third-order valence-electron chi connectivity index (χ3n) is 2.92. The van der Waals surface area contributed by atoms with Gasteiger partial charge in [0.15, 0.2) is 5.96 Å². The summed E-state index contributed by atoms with van der Waals surface area (Å²) in [6.45, 7) is 8.26.